The monoisotopic (exact) mass is 428 g/mol. The molecular formula is C20H26ClFN2O5. The lowest BCUT2D eigenvalue weighted by Crippen LogP contribution is -2.45. The fourth-order valence-electron chi connectivity index (χ4n) is 3.90. The number of carboxylic acid groups (broad SMARTS) is 1. The number of benzene rings is 1. The number of likely N-dealkylation sites (N-methyl/N-ethyl adjacent to an activating group) is 1. The lowest BCUT2D eigenvalue weighted by atomic mass is 9.76. The van der Waals surface area contributed by atoms with E-state index in [4.69, 9.17) is 26.2 Å². The molecule has 3 rings (SSSR count). The molecule has 0 aliphatic carbocycles. The molecule has 1 amide bonds. The first kappa shape index (κ1) is 23.1. The third kappa shape index (κ3) is 5.05. The van der Waals surface area contributed by atoms with Crippen LogP contribution in [0.5, 0.6) is 0 Å². The van der Waals surface area contributed by atoms with Crippen LogP contribution in [0.4, 0.5) is 4.39 Å². The van der Waals surface area contributed by atoms with Crippen molar-refractivity contribution in [2.24, 2.45) is 5.41 Å². The number of hydrogen-bond acceptors (Lipinski definition) is 5. The van der Waals surface area contributed by atoms with E-state index in [0.717, 1.165) is 0 Å². The topological polar surface area (TPSA) is 87.2 Å². The Bertz CT molecular complexity index is 778. The van der Waals surface area contributed by atoms with Gasteiger partial charge in [0.25, 0.3) is 12.4 Å². The SMILES string of the molecule is Cc1ccc(F)c(C(=O)N2CCC3(CC2)CC(CN(C)C)OC3=O)c1Cl.O=CO. The molecule has 7 nitrogen and oxygen atoms in total. The van der Waals surface area contributed by atoms with Crippen LogP contribution < -0.4 is 0 Å². The molecule has 2 aliphatic heterocycles. The van der Waals surface area contributed by atoms with Gasteiger partial charge in [-0.2, -0.15) is 0 Å². The Morgan fingerprint density at radius 3 is 2.55 bits per heavy atom. The van der Waals surface area contributed by atoms with Crippen LogP contribution in [-0.4, -0.2) is 73.1 Å². The smallest absolute Gasteiger partial charge is 0.312 e. The summed E-state index contributed by atoms with van der Waals surface area (Å²) in [5.41, 5.74) is 0.0600. The second-order valence-corrected chi connectivity index (χ2v) is 8.10. The average Bonchev–Trinajstić information content (AvgIpc) is 2.93. The molecule has 1 aromatic carbocycles. The van der Waals surface area contributed by atoms with Crippen LogP contribution in [0.2, 0.25) is 5.02 Å². The molecule has 0 radical (unpaired) electrons. The molecule has 160 valence electrons. The van der Waals surface area contributed by atoms with Crippen LogP contribution in [0.15, 0.2) is 12.1 Å². The van der Waals surface area contributed by atoms with Gasteiger partial charge in [-0.1, -0.05) is 17.7 Å². The first-order valence-electron chi connectivity index (χ1n) is 9.32. The lowest BCUT2D eigenvalue weighted by molar-refractivity contribution is -0.150. The minimum absolute atomic E-state index is 0.0814. The van der Waals surface area contributed by atoms with Gasteiger partial charge < -0.3 is 19.6 Å². The third-order valence-corrected chi connectivity index (χ3v) is 5.89. The Kier molecular flexibility index (Phi) is 7.60. The van der Waals surface area contributed by atoms with E-state index in [2.05, 4.69) is 0 Å². The molecule has 2 heterocycles. The van der Waals surface area contributed by atoms with Gasteiger partial charge in [0.2, 0.25) is 0 Å². The predicted molar refractivity (Wildman–Crippen MR) is 105 cm³/mol. The van der Waals surface area contributed by atoms with Gasteiger partial charge in [-0.15, -0.1) is 0 Å². The van der Waals surface area contributed by atoms with Gasteiger partial charge in [0.1, 0.15) is 11.9 Å². The molecule has 9 heteroatoms. The number of aryl methyl sites for hydroxylation is 1. The van der Waals surface area contributed by atoms with E-state index in [9.17, 15) is 14.0 Å². The normalized spacial score (nSPS) is 20.3. The highest BCUT2D eigenvalue weighted by molar-refractivity contribution is 6.34. The number of esters is 1. The standard InChI is InChI=1S/C19H24ClFN2O3.CH2O2/c1-12-4-5-14(21)15(16(12)20)17(24)23-8-6-19(7-9-23)10-13(11-22(2)3)26-18(19)25;2-1-3/h4-5,13H,6-11H2,1-3H3;1H,(H,2,3). The van der Waals surface area contributed by atoms with Crippen LogP contribution in [-0.2, 0) is 14.3 Å². The number of halogens is 2. The highest BCUT2D eigenvalue weighted by Crippen LogP contribution is 2.43. The number of ether oxygens (including phenoxy) is 1. The largest absolute Gasteiger partial charge is 0.483 e. The minimum Gasteiger partial charge on any atom is -0.483 e. The fourth-order valence-corrected chi connectivity index (χ4v) is 4.14. The number of carbonyl (C=O) groups excluding carboxylic acids is 2. The quantitative estimate of drug-likeness (QED) is 0.588. The second kappa shape index (κ2) is 9.54. The van der Waals surface area contributed by atoms with Crippen LogP contribution in [0.3, 0.4) is 0 Å². The maximum absolute atomic E-state index is 14.2. The van der Waals surface area contributed by atoms with Crippen molar-refractivity contribution in [3.05, 3.63) is 34.1 Å². The van der Waals surface area contributed by atoms with E-state index in [1.165, 1.54) is 6.07 Å². The van der Waals surface area contributed by atoms with Crippen molar-refractivity contribution in [1.82, 2.24) is 9.80 Å². The van der Waals surface area contributed by atoms with E-state index in [1.807, 2.05) is 19.0 Å². The Hall–Kier alpha value is -2.19. The Balaban J connectivity index is 0.000000941. The third-order valence-electron chi connectivity index (χ3n) is 5.40. The molecule has 1 atom stereocenters. The van der Waals surface area contributed by atoms with E-state index in [1.54, 1.807) is 17.9 Å². The van der Waals surface area contributed by atoms with Crippen molar-refractivity contribution in [2.45, 2.75) is 32.3 Å². The molecule has 1 N–H and O–H groups in total. The van der Waals surface area contributed by atoms with Gasteiger partial charge in [0.15, 0.2) is 0 Å². The maximum Gasteiger partial charge on any atom is 0.312 e. The fraction of sp³-hybridized carbons (Fsp3) is 0.550. The number of likely N-dealkylation sites (tertiary alicyclic amines) is 1. The number of cyclic esters (lactones) is 1. The molecule has 0 bridgehead atoms. The number of nitrogens with zero attached hydrogens (tertiary/aromatic N) is 2. The Labute approximate surface area is 174 Å². The molecule has 0 aromatic heterocycles. The number of rotatable bonds is 3. The summed E-state index contributed by atoms with van der Waals surface area (Å²) in [6, 6.07) is 2.82. The molecular weight excluding hydrogens is 403 g/mol. The van der Waals surface area contributed by atoms with E-state index < -0.39 is 17.1 Å². The summed E-state index contributed by atoms with van der Waals surface area (Å²) in [6.07, 6.45) is 1.63. The lowest BCUT2D eigenvalue weighted by Gasteiger charge is -2.36. The summed E-state index contributed by atoms with van der Waals surface area (Å²) in [4.78, 5) is 37.1. The Morgan fingerprint density at radius 1 is 1.41 bits per heavy atom. The zero-order valence-electron chi connectivity index (χ0n) is 16.8. The summed E-state index contributed by atoms with van der Waals surface area (Å²) in [5, 5.41) is 7.04. The van der Waals surface area contributed by atoms with Gasteiger partial charge in [-0.3, -0.25) is 14.4 Å². The minimum atomic E-state index is -0.614. The van der Waals surface area contributed by atoms with Crippen molar-refractivity contribution < 1.29 is 28.6 Å². The maximum atomic E-state index is 14.2. The molecule has 29 heavy (non-hydrogen) atoms. The number of amides is 1. The Morgan fingerprint density at radius 2 is 2.00 bits per heavy atom. The van der Waals surface area contributed by atoms with Crippen molar-refractivity contribution in [1.29, 1.82) is 0 Å². The number of hydrogen-bond donors (Lipinski definition) is 1. The van der Waals surface area contributed by atoms with Crippen LogP contribution in [0.1, 0.15) is 35.2 Å². The molecule has 1 aromatic rings. The highest BCUT2D eigenvalue weighted by atomic mass is 35.5. The first-order valence-corrected chi connectivity index (χ1v) is 9.70. The zero-order valence-corrected chi connectivity index (χ0v) is 17.5. The predicted octanol–water partition coefficient (Wildman–Crippen LogP) is 2.59. The van der Waals surface area contributed by atoms with Gasteiger partial charge >= 0.3 is 5.97 Å². The van der Waals surface area contributed by atoms with Gasteiger partial charge in [0, 0.05) is 26.1 Å². The van der Waals surface area contributed by atoms with Crippen molar-refractivity contribution in [3.63, 3.8) is 0 Å². The summed E-state index contributed by atoms with van der Waals surface area (Å²) >= 11 is 6.16. The van der Waals surface area contributed by atoms with Gasteiger partial charge in [-0.25, -0.2) is 4.39 Å². The first-order chi connectivity index (χ1) is 13.6. The molecule has 1 unspecified atom stereocenters. The van der Waals surface area contributed by atoms with Crippen LogP contribution >= 0.6 is 11.6 Å². The summed E-state index contributed by atoms with van der Waals surface area (Å²) in [5.74, 6) is -1.20. The van der Waals surface area contributed by atoms with Crippen molar-refractivity contribution in [2.75, 3.05) is 33.7 Å². The van der Waals surface area contributed by atoms with E-state index >= 15 is 0 Å². The summed E-state index contributed by atoms with van der Waals surface area (Å²) in [6.45, 7) is 2.97. The van der Waals surface area contributed by atoms with Gasteiger partial charge in [-0.05, 0) is 45.5 Å². The second-order valence-electron chi connectivity index (χ2n) is 7.72. The molecule has 2 fully saturated rings. The molecule has 2 saturated heterocycles. The summed E-state index contributed by atoms with van der Waals surface area (Å²) < 4.78 is 19.7. The van der Waals surface area contributed by atoms with E-state index in [-0.39, 0.29) is 29.1 Å². The van der Waals surface area contributed by atoms with E-state index in [0.29, 0.717) is 44.5 Å². The van der Waals surface area contributed by atoms with Crippen molar-refractivity contribution >= 4 is 29.9 Å². The van der Waals surface area contributed by atoms with Crippen molar-refractivity contribution in [3.8, 4) is 0 Å². The zero-order chi connectivity index (χ0) is 21.8. The highest BCUT2D eigenvalue weighted by Gasteiger charge is 2.51. The van der Waals surface area contributed by atoms with Gasteiger partial charge in [0.05, 0.1) is 16.0 Å². The number of carbonyl (C=O) groups is 3. The number of piperidine rings is 1. The average molecular weight is 429 g/mol. The van der Waals surface area contributed by atoms with Crippen LogP contribution in [0.25, 0.3) is 0 Å². The molecule has 0 saturated carbocycles. The molecule has 2 aliphatic rings. The summed E-state index contributed by atoms with van der Waals surface area (Å²) in [7, 11) is 3.89. The molecule has 1 spiro atoms. The van der Waals surface area contributed by atoms with Crippen LogP contribution in [0, 0.1) is 18.2 Å².